The van der Waals surface area contributed by atoms with Gasteiger partial charge in [-0.2, -0.15) is 0 Å². The number of carbonyl (C=O) groups excluding carboxylic acids is 2. The first-order valence-electron chi connectivity index (χ1n) is 6.18. The van der Waals surface area contributed by atoms with Crippen LogP contribution in [0.25, 0.3) is 0 Å². The molecular formula is C12H21FN2O3. The van der Waals surface area contributed by atoms with Crippen LogP contribution in [0.3, 0.4) is 0 Å². The average molecular weight is 260 g/mol. The number of methoxy groups -OCH3 is 1. The first-order chi connectivity index (χ1) is 8.35. The Balaban J connectivity index is 2.72. The number of carbonyl (C=O) groups is 2. The van der Waals surface area contributed by atoms with Crippen molar-refractivity contribution in [2.45, 2.75) is 38.9 Å². The number of ether oxygens (including phenoxy) is 1. The lowest BCUT2D eigenvalue weighted by Crippen LogP contribution is -2.47. The van der Waals surface area contributed by atoms with Gasteiger partial charge in [-0.05, 0) is 20.8 Å². The second kappa shape index (κ2) is 5.54. The predicted molar refractivity (Wildman–Crippen MR) is 65.0 cm³/mol. The molecule has 0 N–H and O–H groups in total. The van der Waals surface area contributed by atoms with E-state index in [0.717, 1.165) is 7.11 Å². The number of hydrogen-bond acceptors (Lipinski definition) is 3. The molecule has 0 saturated carbocycles. The normalized spacial score (nSPS) is 23.3. The van der Waals surface area contributed by atoms with Crippen LogP contribution < -0.4 is 0 Å². The third-order valence-corrected chi connectivity index (χ3v) is 3.25. The topological polar surface area (TPSA) is 49.9 Å². The third-order valence-electron chi connectivity index (χ3n) is 3.25. The van der Waals surface area contributed by atoms with Crippen molar-refractivity contribution < 1.29 is 18.7 Å². The Morgan fingerprint density at radius 2 is 2.11 bits per heavy atom. The number of hydrogen-bond donors (Lipinski definition) is 0. The third kappa shape index (κ3) is 2.73. The fourth-order valence-electron chi connectivity index (χ4n) is 2.19. The first-order valence-corrected chi connectivity index (χ1v) is 6.18. The van der Waals surface area contributed by atoms with Gasteiger partial charge in [-0.15, -0.1) is 0 Å². The number of alkyl halides is 1. The number of esters is 1. The SMILES string of the molecule is CCN(C(=O)N1CC[C@](F)(C(=O)OC)C1)C(C)C. The minimum Gasteiger partial charge on any atom is -0.467 e. The van der Waals surface area contributed by atoms with Crippen molar-refractivity contribution in [2.75, 3.05) is 26.7 Å². The fourth-order valence-corrected chi connectivity index (χ4v) is 2.19. The van der Waals surface area contributed by atoms with E-state index in [1.807, 2.05) is 20.8 Å². The summed E-state index contributed by atoms with van der Waals surface area (Å²) in [5.41, 5.74) is -2.05. The van der Waals surface area contributed by atoms with Crippen LogP contribution in [0.1, 0.15) is 27.2 Å². The number of urea groups is 1. The van der Waals surface area contributed by atoms with Gasteiger partial charge in [0.2, 0.25) is 5.67 Å². The molecule has 1 fully saturated rings. The van der Waals surface area contributed by atoms with E-state index in [2.05, 4.69) is 4.74 Å². The van der Waals surface area contributed by atoms with Gasteiger partial charge in [-0.3, -0.25) is 0 Å². The summed E-state index contributed by atoms with van der Waals surface area (Å²) in [6.07, 6.45) is 0.00105. The molecule has 104 valence electrons. The minimum atomic E-state index is -2.05. The van der Waals surface area contributed by atoms with Crippen molar-refractivity contribution in [3.8, 4) is 0 Å². The standard InChI is InChI=1S/C12H21FN2O3/c1-5-15(9(2)3)11(17)14-7-6-12(13,8-14)10(16)18-4/h9H,5-8H2,1-4H3/t12-/m1/s1. The molecule has 0 bridgehead atoms. The lowest BCUT2D eigenvalue weighted by atomic mass is 10.1. The first kappa shape index (κ1) is 14.7. The molecule has 1 aliphatic rings. The number of nitrogens with zero attached hydrogens (tertiary/aromatic N) is 2. The zero-order valence-corrected chi connectivity index (χ0v) is 11.4. The lowest BCUT2D eigenvalue weighted by molar-refractivity contribution is -0.153. The predicted octanol–water partition coefficient (Wildman–Crippen LogP) is 1.42. The van der Waals surface area contributed by atoms with Crippen molar-refractivity contribution in [1.29, 1.82) is 0 Å². The lowest BCUT2D eigenvalue weighted by Gasteiger charge is -2.30. The van der Waals surface area contributed by atoms with E-state index in [-0.39, 0.29) is 31.6 Å². The summed E-state index contributed by atoms with van der Waals surface area (Å²) in [6.45, 7) is 6.26. The van der Waals surface area contributed by atoms with E-state index in [1.54, 1.807) is 4.90 Å². The molecule has 6 heteroatoms. The summed E-state index contributed by atoms with van der Waals surface area (Å²) in [4.78, 5) is 26.5. The molecule has 0 aliphatic carbocycles. The van der Waals surface area contributed by atoms with Crippen molar-refractivity contribution in [2.24, 2.45) is 0 Å². The zero-order chi connectivity index (χ0) is 13.9. The number of likely N-dealkylation sites (tertiary alicyclic amines) is 1. The van der Waals surface area contributed by atoms with Crippen LogP contribution in [0, 0.1) is 0 Å². The Kier molecular flexibility index (Phi) is 4.53. The van der Waals surface area contributed by atoms with Crippen LogP contribution in [0.2, 0.25) is 0 Å². The van der Waals surface area contributed by atoms with Gasteiger partial charge in [-0.1, -0.05) is 0 Å². The summed E-state index contributed by atoms with van der Waals surface area (Å²) >= 11 is 0. The Labute approximate surface area is 107 Å². The maximum Gasteiger partial charge on any atom is 0.345 e. The molecular weight excluding hydrogens is 239 g/mol. The van der Waals surface area contributed by atoms with Crippen LogP contribution >= 0.6 is 0 Å². The zero-order valence-electron chi connectivity index (χ0n) is 11.4. The van der Waals surface area contributed by atoms with E-state index in [4.69, 9.17) is 0 Å². The number of rotatable bonds is 3. The van der Waals surface area contributed by atoms with Gasteiger partial charge < -0.3 is 14.5 Å². The smallest absolute Gasteiger partial charge is 0.345 e. The highest BCUT2D eigenvalue weighted by atomic mass is 19.1. The van der Waals surface area contributed by atoms with Crippen molar-refractivity contribution in [3.63, 3.8) is 0 Å². The molecule has 1 saturated heterocycles. The van der Waals surface area contributed by atoms with Crippen LogP contribution in [-0.4, -0.2) is 60.3 Å². The summed E-state index contributed by atoms with van der Waals surface area (Å²) in [5, 5.41) is 0. The molecule has 1 rings (SSSR count). The molecule has 18 heavy (non-hydrogen) atoms. The van der Waals surface area contributed by atoms with E-state index < -0.39 is 11.6 Å². The molecule has 0 spiro atoms. The fraction of sp³-hybridized carbons (Fsp3) is 0.833. The minimum absolute atomic E-state index is 0.00105. The van der Waals surface area contributed by atoms with E-state index in [1.165, 1.54) is 4.90 Å². The van der Waals surface area contributed by atoms with Crippen molar-refractivity contribution >= 4 is 12.0 Å². The van der Waals surface area contributed by atoms with Gasteiger partial charge in [0.1, 0.15) is 0 Å². The van der Waals surface area contributed by atoms with Crippen LogP contribution in [0.15, 0.2) is 0 Å². The van der Waals surface area contributed by atoms with Gasteiger partial charge in [0.05, 0.1) is 13.7 Å². The maximum atomic E-state index is 14.2. The van der Waals surface area contributed by atoms with E-state index in [9.17, 15) is 14.0 Å². The highest BCUT2D eigenvalue weighted by Crippen LogP contribution is 2.28. The molecule has 1 heterocycles. The monoisotopic (exact) mass is 260 g/mol. The second-order valence-electron chi connectivity index (χ2n) is 4.79. The largest absolute Gasteiger partial charge is 0.467 e. The van der Waals surface area contributed by atoms with E-state index in [0.29, 0.717) is 6.54 Å². The Bertz CT molecular complexity index is 335. The summed E-state index contributed by atoms with van der Waals surface area (Å²) in [5.74, 6) is -0.898. The van der Waals surface area contributed by atoms with Crippen LogP contribution in [-0.2, 0) is 9.53 Å². The van der Waals surface area contributed by atoms with Crippen molar-refractivity contribution in [1.82, 2.24) is 9.80 Å². The Hall–Kier alpha value is -1.33. The van der Waals surface area contributed by atoms with Gasteiger partial charge in [0, 0.05) is 25.6 Å². The molecule has 1 atom stereocenters. The Morgan fingerprint density at radius 1 is 1.50 bits per heavy atom. The van der Waals surface area contributed by atoms with Gasteiger partial charge in [0.15, 0.2) is 0 Å². The molecule has 2 amide bonds. The number of halogens is 1. The average Bonchev–Trinajstić information content (AvgIpc) is 2.72. The molecule has 0 aromatic carbocycles. The highest BCUT2D eigenvalue weighted by Gasteiger charge is 2.48. The van der Waals surface area contributed by atoms with Gasteiger partial charge in [0.25, 0.3) is 0 Å². The summed E-state index contributed by atoms with van der Waals surface area (Å²) in [7, 11) is 1.15. The molecule has 0 unspecified atom stereocenters. The molecule has 5 nitrogen and oxygen atoms in total. The summed E-state index contributed by atoms with van der Waals surface area (Å²) in [6, 6.07) is -0.175. The number of amides is 2. The molecule has 0 radical (unpaired) electrons. The highest BCUT2D eigenvalue weighted by molar-refractivity contribution is 5.83. The second-order valence-corrected chi connectivity index (χ2v) is 4.79. The molecule has 1 aliphatic heterocycles. The van der Waals surface area contributed by atoms with Gasteiger partial charge >= 0.3 is 12.0 Å². The molecule has 0 aromatic heterocycles. The van der Waals surface area contributed by atoms with Crippen LogP contribution in [0.5, 0.6) is 0 Å². The molecule has 0 aromatic rings. The quantitative estimate of drug-likeness (QED) is 0.721. The maximum absolute atomic E-state index is 14.2. The Morgan fingerprint density at radius 3 is 2.56 bits per heavy atom. The van der Waals surface area contributed by atoms with Crippen LogP contribution in [0.4, 0.5) is 9.18 Å². The van der Waals surface area contributed by atoms with Crippen molar-refractivity contribution in [3.05, 3.63) is 0 Å². The summed E-state index contributed by atoms with van der Waals surface area (Å²) < 4.78 is 18.6. The van der Waals surface area contributed by atoms with Gasteiger partial charge in [-0.25, -0.2) is 14.0 Å². The van der Waals surface area contributed by atoms with E-state index >= 15 is 0 Å².